The van der Waals surface area contributed by atoms with Crippen LogP contribution in [0.3, 0.4) is 0 Å². The van der Waals surface area contributed by atoms with Crippen molar-refractivity contribution in [1.82, 2.24) is 4.98 Å². The summed E-state index contributed by atoms with van der Waals surface area (Å²) in [6, 6.07) is 18.4. The van der Waals surface area contributed by atoms with Crippen LogP contribution in [-0.4, -0.2) is 17.2 Å². The number of ether oxygens (including phenoxy) is 1. The molecular weight excluding hydrogens is 336 g/mol. The van der Waals surface area contributed by atoms with Gasteiger partial charge >= 0.3 is 0 Å². The van der Waals surface area contributed by atoms with E-state index in [4.69, 9.17) is 9.72 Å². The molecule has 3 aromatic carbocycles. The molecule has 0 fully saturated rings. The van der Waals surface area contributed by atoms with E-state index in [1.807, 2.05) is 49.4 Å². The molecule has 0 radical (unpaired) electrons. The maximum atomic E-state index is 10.0. The molecule has 0 spiro atoms. The molecule has 0 aliphatic rings. The number of pyridine rings is 1. The molecule has 4 aromatic rings. The van der Waals surface area contributed by atoms with E-state index in [-0.39, 0.29) is 6.61 Å². The molecule has 0 atom stereocenters. The van der Waals surface area contributed by atoms with Crippen molar-refractivity contribution in [3.63, 3.8) is 0 Å². The van der Waals surface area contributed by atoms with Crippen LogP contribution >= 0.6 is 0 Å². The number of aliphatic hydroxyl groups excluding tert-OH is 1. The second kappa shape index (κ2) is 6.89. The normalized spacial score (nSPS) is 11.1. The van der Waals surface area contributed by atoms with Gasteiger partial charge in [0.15, 0.2) is 0 Å². The molecule has 0 aliphatic carbocycles. The average molecular weight is 358 g/mol. The van der Waals surface area contributed by atoms with Crippen LogP contribution < -0.4 is 10.1 Å². The van der Waals surface area contributed by atoms with E-state index in [0.29, 0.717) is 11.3 Å². The Morgan fingerprint density at radius 3 is 2.52 bits per heavy atom. The monoisotopic (exact) mass is 358 g/mol. The summed E-state index contributed by atoms with van der Waals surface area (Å²) in [7, 11) is 1.63. The number of aliphatic hydroxyl groups is 1. The van der Waals surface area contributed by atoms with Crippen LogP contribution in [0.25, 0.3) is 21.8 Å². The van der Waals surface area contributed by atoms with Crippen molar-refractivity contribution in [3.05, 3.63) is 71.3 Å². The van der Waals surface area contributed by atoms with Crippen molar-refractivity contribution in [2.24, 2.45) is 0 Å². The Balaban J connectivity index is 2.08. The Bertz CT molecular complexity index is 1140. The first-order valence-corrected chi connectivity index (χ1v) is 8.96. The highest BCUT2D eigenvalue weighted by Crippen LogP contribution is 2.40. The van der Waals surface area contributed by atoms with E-state index in [9.17, 15) is 5.11 Å². The molecule has 2 N–H and O–H groups in total. The molecule has 0 saturated carbocycles. The molecule has 0 aliphatic heterocycles. The number of nitrogens with one attached hydrogen (secondary N) is 1. The zero-order chi connectivity index (χ0) is 19.0. The lowest BCUT2D eigenvalue weighted by Crippen LogP contribution is -2.03. The quantitative estimate of drug-likeness (QED) is 0.489. The number of benzene rings is 3. The van der Waals surface area contributed by atoms with Crippen molar-refractivity contribution < 1.29 is 9.84 Å². The maximum absolute atomic E-state index is 10.0. The number of aromatic nitrogens is 1. The summed E-state index contributed by atoms with van der Waals surface area (Å²) in [5.41, 5.74) is 6.45. The molecule has 4 nitrogen and oxygen atoms in total. The van der Waals surface area contributed by atoms with Crippen LogP contribution in [0.2, 0.25) is 0 Å². The lowest BCUT2D eigenvalue weighted by Gasteiger charge is -2.20. The Morgan fingerprint density at radius 2 is 1.81 bits per heavy atom. The summed E-state index contributed by atoms with van der Waals surface area (Å²) >= 11 is 0. The van der Waals surface area contributed by atoms with Gasteiger partial charge in [0.25, 0.3) is 0 Å². The molecule has 1 heterocycles. The minimum atomic E-state index is -0.128. The number of rotatable bonds is 4. The van der Waals surface area contributed by atoms with E-state index < -0.39 is 0 Å². The van der Waals surface area contributed by atoms with Gasteiger partial charge in [-0.15, -0.1) is 0 Å². The standard InChI is InChI=1S/C23H22N2O2/c1-14-9-10-20-16(11-14)12-18-21(24-17-7-5-4-6-8-17)15(2)23(27-3)19(13-26)22(18)25-20/h4-12,24,26H,13H2,1-3H3. The van der Waals surface area contributed by atoms with Gasteiger partial charge in [-0.2, -0.15) is 0 Å². The fourth-order valence-corrected chi connectivity index (χ4v) is 3.62. The van der Waals surface area contributed by atoms with Gasteiger partial charge in [-0.05, 0) is 44.2 Å². The van der Waals surface area contributed by atoms with Crippen LogP contribution in [0.1, 0.15) is 16.7 Å². The molecule has 136 valence electrons. The Morgan fingerprint density at radius 1 is 1.04 bits per heavy atom. The minimum absolute atomic E-state index is 0.128. The van der Waals surface area contributed by atoms with Crippen molar-refractivity contribution in [2.75, 3.05) is 12.4 Å². The SMILES string of the molecule is COc1c(C)c(Nc2ccccc2)c2cc3cc(C)ccc3nc2c1CO. The minimum Gasteiger partial charge on any atom is -0.496 e. The molecule has 0 amide bonds. The Hall–Kier alpha value is -3.11. The highest BCUT2D eigenvalue weighted by molar-refractivity contribution is 6.04. The van der Waals surface area contributed by atoms with Gasteiger partial charge in [0, 0.05) is 27.6 Å². The van der Waals surface area contributed by atoms with Crippen molar-refractivity contribution >= 4 is 33.2 Å². The third-order valence-corrected chi connectivity index (χ3v) is 4.92. The lowest BCUT2D eigenvalue weighted by atomic mass is 9.99. The van der Waals surface area contributed by atoms with E-state index in [1.165, 1.54) is 5.56 Å². The van der Waals surface area contributed by atoms with Gasteiger partial charge < -0.3 is 15.2 Å². The zero-order valence-corrected chi connectivity index (χ0v) is 15.7. The second-order valence-electron chi connectivity index (χ2n) is 6.74. The topological polar surface area (TPSA) is 54.4 Å². The molecule has 27 heavy (non-hydrogen) atoms. The summed E-state index contributed by atoms with van der Waals surface area (Å²) in [5, 5.41) is 15.6. The largest absolute Gasteiger partial charge is 0.496 e. The van der Waals surface area contributed by atoms with Crippen LogP contribution in [0.5, 0.6) is 5.75 Å². The van der Waals surface area contributed by atoms with Crippen LogP contribution in [0.4, 0.5) is 11.4 Å². The van der Waals surface area contributed by atoms with Crippen LogP contribution in [0, 0.1) is 13.8 Å². The average Bonchev–Trinajstić information content (AvgIpc) is 2.69. The molecule has 0 saturated heterocycles. The van der Waals surface area contributed by atoms with E-state index in [0.717, 1.165) is 38.7 Å². The Labute approximate surface area is 158 Å². The maximum Gasteiger partial charge on any atom is 0.131 e. The fourth-order valence-electron chi connectivity index (χ4n) is 3.62. The zero-order valence-electron chi connectivity index (χ0n) is 15.7. The third kappa shape index (κ3) is 2.98. The molecule has 1 aromatic heterocycles. The number of anilines is 2. The Kier molecular flexibility index (Phi) is 4.42. The number of para-hydroxylation sites is 1. The van der Waals surface area contributed by atoms with E-state index in [2.05, 4.69) is 24.4 Å². The number of aryl methyl sites for hydroxylation is 1. The summed E-state index contributed by atoms with van der Waals surface area (Å²) in [6.45, 7) is 3.95. The van der Waals surface area contributed by atoms with Gasteiger partial charge in [0.2, 0.25) is 0 Å². The summed E-state index contributed by atoms with van der Waals surface area (Å²) in [5.74, 6) is 0.669. The van der Waals surface area contributed by atoms with E-state index in [1.54, 1.807) is 7.11 Å². The highest BCUT2D eigenvalue weighted by Gasteiger charge is 2.19. The summed E-state index contributed by atoms with van der Waals surface area (Å²) in [6.07, 6.45) is 0. The summed E-state index contributed by atoms with van der Waals surface area (Å²) < 4.78 is 5.64. The number of hydrogen-bond acceptors (Lipinski definition) is 4. The van der Waals surface area contributed by atoms with E-state index >= 15 is 0 Å². The molecule has 0 unspecified atom stereocenters. The van der Waals surface area contributed by atoms with Crippen molar-refractivity contribution in [1.29, 1.82) is 0 Å². The van der Waals surface area contributed by atoms with Crippen LogP contribution in [0.15, 0.2) is 54.6 Å². The highest BCUT2D eigenvalue weighted by atomic mass is 16.5. The molecule has 4 heteroatoms. The number of hydrogen-bond donors (Lipinski definition) is 2. The molecule has 4 rings (SSSR count). The van der Waals surface area contributed by atoms with Gasteiger partial charge in [-0.3, -0.25) is 0 Å². The van der Waals surface area contributed by atoms with Crippen molar-refractivity contribution in [2.45, 2.75) is 20.5 Å². The number of methoxy groups -OCH3 is 1. The molecule has 0 bridgehead atoms. The van der Waals surface area contributed by atoms with Crippen LogP contribution in [-0.2, 0) is 6.61 Å². The van der Waals surface area contributed by atoms with Gasteiger partial charge in [-0.25, -0.2) is 4.98 Å². The van der Waals surface area contributed by atoms with Gasteiger partial charge in [0.05, 0.1) is 30.4 Å². The fraction of sp³-hybridized carbons (Fsp3) is 0.174. The van der Waals surface area contributed by atoms with Crippen molar-refractivity contribution in [3.8, 4) is 5.75 Å². The molecular formula is C23H22N2O2. The second-order valence-corrected chi connectivity index (χ2v) is 6.74. The lowest BCUT2D eigenvalue weighted by molar-refractivity contribution is 0.275. The first-order chi connectivity index (χ1) is 13.1. The van der Waals surface area contributed by atoms with Gasteiger partial charge in [-0.1, -0.05) is 29.8 Å². The first kappa shape index (κ1) is 17.3. The van der Waals surface area contributed by atoms with Gasteiger partial charge in [0.1, 0.15) is 5.75 Å². The number of fused-ring (bicyclic) bond motifs is 2. The third-order valence-electron chi connectivity index (χ3n) is 4.92. The smallest absolute Gasteiger partial charge is 0.131 e. The summed E-state index contributed by atoms with van der Waals surface area (Å²) in [4.78, 5) is 4.86. The first-order valence-electron chi connectivity index (χ1n) is 8.96. The predicted molar refractivity (Wildman–Crippen MR) is 111 cm³/mol. The predicted octanol–water partition coefficient (Wildman–Crippen LogP) is 5.25. The number of nitrogens with zero attached hydrogens (tertiary/aromatic N) is 1.